The maximum absolute atomic E-state index is 7.95. The molecule has 4 heteroatoms. The largest absolute Gasteiger partial charge is 0.348 e. The summed E-state index contributed by atoms with van der Waals surface area (Å²) in [5.41, 5.74) is 0. The summed E-state index contributed by atoms with van der Waals surface area (Å²) in [4.78, 5) is 0. The van der Waals surface area contributed by atoms with Gasteiger partial charge in [-0.15, -0.1) is 0 Å². The van der Waals surface area contributed by atoms with E-state index in [4.69, 9.17) is 5.26 Å². The third-order valence-electron chi connectivity index (χ3n) is 1.05. The molecular weight excluding hydrogens is 183 g/mol. The molecule has 0 rings (SSSR count). The number of hydrogen-bond acceptors (Lipinski definition) is 3. The van der Waals surface area contributed by atoms with Gasteiger partial charge in [-0.1, -0.05) is 27.7 Å². The number of nitriles is 1. The lowest BCUT2D eigenvalue weighted by molar-refractivity contribution is 0.326. The summed E-state index contributed by atoms with van der Waals surface area (Å²) in [5, 5.41) is 11.3. The maximum Gasteiger partial charge on any atom is 0.144 e. The van der Waals surface area contributed by atoms with Gasteiger partial charge in [0.05, 0.1) is 6.07 Å². The Bertz CT molecular complexity index is 137. The van der Waals surface area contributed by atoms with Crippen LogP contribution in [-0.2, 0) is 4.52 Å². The topological polar surface area (TPSA) is 45.0 Å². The normalized spacial score (nSPS) is 11.9. The monoisotopic (exact) mass is 204 g/mol. The van der Waals surface area contributed by atoms with Crippen LogP contribution < -0.4 is 5.32 Å². The Morgan fingerprint density at radius 2 is 1.54 bits per heavy atom. The minimum absolute atomic E-state index is 0.296. The molecule has 0 radical (unpaired) electrons. The van der Waals surface area contributed by atoms with Crippen LogP contribution in [-0.4, -0.2) is 18.2 Å². The molecule has 0 aliphatic carbocycles. The fourth-order valence-corrected chi connectivity index (χ4v) is 0.758. The lowest BCUT2D eigenvalue weighted by atomic mass is 10.3. The lowest BCUT2D eigenvalue weighted by Gasteiger charge is -2.10. The van der Waals surface area contributed by atoms with Crippen LogP contribution >= 0.6 is 9.47 Å². The molecule has 0 bridgehead atoms. The number of nitrogens with one attached hydrogen (secondary N) is 1. The van der Waals surface area contributed by atoms with E-state index in [1.807, 2.05) is 15.5 Å². The highest BCUT2D eigenvalue weighted by molar-refractivity contribution is 7.09. The van der Waals surface area contributed by atoms with Crippen molar-refractivity contribution in [1.29, 1.82) is 5.26 Å². The maximum atomic E-state index is 7.95. The molecule has 78 valence electrons. The molecule has 0 saturated heterocycles. The molecule has 3 nitrogen and oxygen atoms in total. The summed E-state index contributed by atoms with van der Waals surface area (Å²) >= 11 is 0. The van der Waals surface area contributed by atoms with Crippen molar-refractivity contribution in [1.82, 2.24) is 5.32 Å². The predicted molar refractivity (Wildman–Crippen MR) is 59.3 cm³/mol. The van der Waals surface area contributed by atoms with E-state index in [-0.39, 0.29) is 6.10 Å². The Labute approximate surface area is 84.1 Å². The number of hydrogen-bond donors (Lipinski definition) is 1. The molecule has 0 aromatic rings. The zero-order chi connectivity index (χ0) is 10.9. The van der Waals surface area contributed by atoms with E-state index in [0.717, 1.165) is 0 Å². The molecule has 0 aromatic heterocycles. The summed E-state index contributed by atoms with van der Waals surface area (Å²) in [6.45, 7) is 10.3. The Balaban J connectivity index is 0. The summed E-state index contributed by atoms with van der Waals surface area (Å²) in [5.74, 6) is 0. The van der Waals surface area contributed by atoms with Crippen LogP contribution in [0.4, 0.5) is 0 Å². The van der Waals surface area contributed by atoms with Crippen LogP contribution in [0.3, 0.4) is 0 Å². The molecule has 0 saturated carbocycles. The first-order chi connectivity index (χ1) is 5.93. The Kier molecular flexibility index (Phi) is 11.7. The molecule has 0 aliphatic rings. The van der Waals surface area contributed by atoms with Gasteiger partial charge in [0.25, 0.3) is 0 Å². The molecule has 1 N–H and O–H groups in total. The highest BCUT2D eigenvalue weighted by atomic mass is 31.0. The zero-order valence-corrected chi connectivity index (χ0v) is 10.3. The van der Waals surface area contributed by atoms with E-state index in [1.54, 1.807) is 6.92 Å². The van der Waals surface area contributed by atoms with Crippen LogP contribution in [0, 0.1) is 11.3 Å². The van der Waals surface area contributed by atoms with Gasteiger partial charge in [-0.25, -0.2) is 0 Å². The second-order valence-electron chi connectivity index (χ2n) is 3.38. The molecule has 13 heavy (non-hydrogen) atoms. The molecule has 0 amide bonds. The average molecular weight is 204 g/mol. The van der Waals surface area contributed by atoms with Crippen LogP contribution in [0.5, 0.6) is 0 Å². The minimum Gasteiger partial charge on any atom is -0.348 e. The van der Waals surface area contributed by atoms with Gasteiger partial charge in [0, 0.05) is 21.6 Å². The van der Waals surface area contributed by atoms with Gasteiger partial charge in [0.1, 0.15) is 6.10 Å². The fraction of sp³-hybridized carbons (Fsp3) is 0.889. The summed E-state index contributed by atoms with van der Waals surface area (Å²) in [7, 11) is 2.02. The van der Waals surface area contributed by atoms with Gasteiger partial charge in [0.15, 0.2) is 0 Å². The van der Waals surface area contributed by atoms with Crippen molar-refractivity contribution in [2.24, 2.45) is 0 Å². The van der Waals surface area contributed by atoms with Gasteiger partial charge in [-0.2, -0.15) is 5.26 Å². The van der Waals surface area contributed by atoms with Crippen molar-refractivity contribution < 1.29 is 4.52 Å². The first-order valence-electron chi connectivity index (χ1n) is 4.45. The molecule has 0 spiro atoms. The van der Waals surface area contributed by atoms with Gasteiger partial charge in [-0.05, 0) is 6.92 Å². The third-order valence-corrected chi connectivity index (χ3v) is 1.46. The standard InChI is InChI=1S/C6H15N.C3H6NOP/c1-5(2)7-6(3)4;1-3(2-4)5-6/h5-7H,1-4H3;3H,6H2,1H3. The van der Waals surface area contributed by atoms with E-state index >= 15 is 0 Å². The first kappa shape index (κ1) is 15.3. The molecule has 0 aromatic carbocycles. The highest BCUT2D eigenvalue weighted by Crippen LogP contribution is 1.91. The zero-order valence-electron chi connectivity index (χ0n) is 9.16. The van der Waals surface area contributed by atoms with E-state index in [2.05, 4.69) is 37.5 Å². The number of nitrogens with zero attached hydrogens (tertiary/aromatic N) is 1. The van der Waals surface area contributed by atoms with Crippen LogP contribution in [0.2, 0.25) is 0 Å². The quantitative estimate of drug-likeness (QED) is 0.716. The van der Waals surface area contributed by atoms with Crippen molar-refractivity contribution in [3.05, 3.63) is 0 Å². The van der Waals surface area contributed by atoms with E-state index in [1.165, 1.54) is 0 Å². The second-order valence-corrected chi connectivity index (χ2v) is 3.66. The van der Waals surface area contributed by atoms with E-state index in [0.29, 0.717) is 12.1 Å². The molecule has 2 atom stereocenters. The predicted octanol–water partition coefficient (Wildman–Crippen LogP) is 2.10. The third kappa shape index (κ3) is 18.7. The van der Waals surface area contributed by atoms with Crippen LogP contribution in [0.15, 0.2) is 0 Å². The molecule has 2 unspecified atom stereocenters. The van der Waals surface area contributed by atoms with Crippen LogP contribution in [0.1, 0.15) is 34.6 Å². The summed E-state index contributed by atoms with van der Waals surface area (Å²) in [6, 6.07) is 3.12. The smallest absolute Gasteiger partial charge is 0.144 e. The minimum atomic E-state index is -0.296. The second kappa shape index (κ2) is 9.92. The highest BCUT2D eigenvalue weighted by Gasteiger charge is 1.92. The average Bonchev–Trinajstić information content (AvgIpc) is 2.01. The van der Waals surface area contributed by atoms with Crippen molar-refractivity contribution in [2.45, 2.75) is 52.8 Å². The van der Waals surface area contributed by atoms with Crippen LogP contribution in [0.25, 0.3) is 0 Å². The molecule has 0 heterocycles. The first-order valence-corrected chi connectivity index (χ1v) is 4.92. The Morgan fingerprint density at radius 3 is 1.54 bits per heavy atom. The van der Waals surface area contributed by atoms with Crippen molar-refractivity contribution in [2.75, 3.05) is 0 Å². The van der Waals surface area contributed by atoms with Gasteiger partial charge in [-0.3, -0.25) is 0 Å². The fourth-order valence-electron chi connectivity index (χ4n) is 0.697. The van der Waals surface area contributed by atoms with Crippen molar-refractivity contribution in [3.63, 3.8) is 0 Å². The van der Waals surface area contributed by atoms with Gasteiger partial charge >= 0.3 is 0 Å². The Morgan fingerprint density at radius 1 is 1.15 bits per heavy atom. The SMILES string of the molecule is CC(C#N)OP.CC(C)NC(C)C. The molecule has 0 aliphatic heterocycles. The van der Waals surface area contributed by atoms with E-state index < -0.39 is 0 Å². The lowest BCUT2D eigenvalue weighted by Crippen LogP contribution is -2.29. The van der Waals surface area contributed by atoms with Gasteiger partial charge < -0.3 is 9.84 Å². The summed E-state index contributed by atoms with van der Waals surface area (Å²) < 4.78 is 4.45. The number of rotatable bonds is 3. The van der Waals surface area contributed by atoms with Crippen molar-refractivity contribution in [3.8, 4) is 6.07 Å². The van der Waals surface area contributed by atoms with E-state index in [9.17, 15) is 0 Å². The summed E-state index contributed by atoms with van der Waals surface area (Å²) in [6.07, 6.45) is -0.296. The van der Waals surface area contributed by atoms with Crippen molar-refractivity contribution >= 4 is 9.47 Å². The molecular formula is C9H21N2OP. The molecule has 0 fully saturated rings. The Hall–Kier alpha value is -0.160. The van der Waals surface area contributed by atoms with Gasteiger partial charge in [0.2, 0.25) is 0 Å².